The molecule has 0 amide bonds. The second-order valence-electron chi connectivity index (χ2n) is 12.5. The zero-order valence-corrected chi connectivity index (χ0v) is 20.6. The summed E-state index contributed by atoms with van der Waals surface area (Å²) in [6.45, 7) is 14.0. The Morgan fingerprint density at radius 1 is 0.935 bits per heavy atom. The lowest BCUT2D eigenvalue weighted by Crippen LogP contribution is -2.65. The molecule has 0 unspecified atom stereocenters. The SMILES string of the molecule is CC(C)[C@@H](C)C=C[C@@H](C)[C@H]1CC[C@H]2C3=C[C@@H](O)[C@]4(O)C[C@@H](O)CC[C@]4(C)[C@H]3CC[C@]12C. The molecule has 0 aromatic heterocycles. The predicted octanol–water partition coefficient (Wildman–Crippen LogP) is 5.50. The van der Waals surface area contributed by atoms with Crippen molar-refractivity contribution in [2.24, 2.45) is 46.3 Å². The molecule has 0 aliphatic heterocycles. The van der Waals surface area contributed by atoms with Gasteiger partial charge in [0.05, 0.1) is 6.10 Å². The first kappa shape index (κ1) is 23.5. The van der Waals surface area contributed by atoms with Gasteiger partial charge in [-0.15, -0.1) is 0 Å². The van der Waals surface area contributed by atoms with Crippen LogP contribution < -0.4 is 0 Å². The minimum absolute atomic E-state index is 0.271. The molecule has 0 aromatic carbocycles. The molecule has 0 radical (unpaired) electrons. The van der Waals surface area contributed by atoms with Gasteiger partial charge in [0.25, 0.3) is 0 Å². The Kier molecular flexibility index (Phi) is 6.06. The van der Waals surface area contributed by atoms with Gasteiger partial charge in [0.2, 0.25) is 0 Å². The smallest absolute Gasteiger partial charge is 0.102 e. The number of hydrogen-bond donors (Lipinski definition) is 3. The van der Waals surface area contributed by atoms with Crippen molar-refractivity contribution in [1.82, 2.24) is 0 Å². The van der Waals surface area contributed by atoms with Gasteiger partial charge in [-0.25, -0.2) is 0 Å². The minimum atomic E-state index is -1.20. The molecule has 3 nitrogen and oxygen atoms in total. The summed E-state index contributed by atoms with van der Waals surface area (Å²) in [5.74, 6) is 3.37. The van der Waals surface area contributed by atoms with E-state index in [4.69, 9.17) is 0 Å². The third-order valence-corrected chi connectivity index (χ3v) is 10.7. The van der Waals surface area contributed by atoms with Gasteiger partial charge in [0, 0.05) is 11.8 Å². The molecule has 3 saturated carbocycles. The van der Waals surface area contributed by atoms with Crippen LogP contribution in [0.4, 0.5) is 0 Å². The highest BCUT2D eigenvalue weighted by atomic mass is 16.3. The van der Waals surface area contributed by atoms with Crippen LogP contribution in [0, 0.1) is 46.3 Å². The number of rotatable bonds is 4. The standard InChI is InChI=1S/C28H46O3/c1-17(2)18(3)7-8-19(4)22-9-10-23-21-15-25(30)28(31)16-20(29)11-14-27(28,6)24(21)12-13-26(22,23)5/h7-8,15,17-20,22-25,29-31H,9-14,16H2,1-6H3/t18-,19+,20-,22+,23-,24-,25+,26+,27+,28+/m0/s1. The van der Waals surface area contributed by atoms with Gasteiger partial charge in [-0.3, -0.25) is 0 Å². The van der Waals surface area contributed by atoms with Crippen molar-refractivity contribution in [3.63, 3.8) is 0 Å². The van der Waals surface area contributed by atoms with Crippen LogP contribution in [-0.2, 0) is 0 Å². The number of allylic oxidation sites excluding steroid dienone is 3. The lowest BCUT2D eigenvalue weighted by Gasteiger charge is -2.62. The average Bonchev–Trinajstić information content (AvgIpc) is 3.05. The Bertz CT molecular complexity index is 741. The third-order valence-electron chi connectivity index (χ3n) is 10.7. The fourth-order valence-corrected chi connectivity index (χ4v) is 8.16. The topological polar surface area (TPSA) is 60.7 Å². The van der Waals surface area contributed by atoms with Crippen molar-refractivity contribution in [2.75, 3.05) is 0 Å². The van der Waals surface area contributed by atoms with E-state index in [0.29, 0.717) is 41.9 Å². The van der Waals surface area contributed by atoms with Crippen molar-refractivity contribution in [2.45, 2.75) is 104 Å². The van der Waals surface area contributed by atoms with Crippen LogP contribution in [0.3, 0.4) is 0 Å². The maximum atomic E-state index is 11.6. The molecule has 0 bridgehead atoms. The quantitative estimate of drug-likeness (QED) is 0.516. The summed E-state index contributed by atoms with van der Waals surface area (Å²) in [6.07, 6.45) is 12.1. The average molecular weight is 431 g/mol. The summed E-state index contributed by atoms with van der Waals surface area (Å²) in [5.41, 5.74) is 0.160. The zero-order valence-electron chi connectivity index (χ0n) is 20.6. The fourth-order valence-electron chi connectivity index (χ4n) is 8.16. The molecule has 3 fully saturated rings. The molecule has 31 heavy (non-hydrogen) atoms. The van der Waals surface area contributed by atoms with E-state index in [2.05, 4.69) is 53.7 Å². The van der Waals surface area contributed by atoms with Gasteiger partial charge in [-0.1, -0.05) is 65.3 Å². The molecule has 0 heterocycles. The maximum Gasteiger partial charge on any atom is 0.102 e. The Balaban J connectivity index is 1.61. The van der Waals surface area contributed by atoms with Crippen LogP contribution in [0.1, 0.15) is 86.5 Å². The Hall–Kier alpha value is -0.640. The Morgan fingerprint density at radius 3 is 2.32 bits per heavy atom. The van der Waals surface area contributed by atoms with Crippen LogP contribution in [0.25, 0.3) is 0 Å². The van der Waals surface area contributed by atoms with Crippen molar-refractivity contribution >= 4 is 0 Å². The van der Waals surface area contributed by atoms with Crippen LogP contribution in [0.2, 0.25) is 0 Å². The molecule has 4 aliphatic rings. The first-order valence-corrected chi connectivity index (χ1v) is 12.9. The number of aliphatic hydroxyl groups excluding tert-OH is 2. The lowest BCUT2D eigenvalue weighted by molar-refractivity contribution is -0.210. The summed E-state index contributed by atoms with van der Waals surface area (Å²) < 4.78 is 0. The van der Waals surface area contributed by atoms with E-state index in [1.807, 2.05) is 6.08 Å². The van der Waals surface area contributed by atoms with Crippen LogP contribution in [0.15, 0.2) is 23.8 Å². The summed E-state index contributed by atoms with van der Waals surface area (Å²) >= 11 is 0. The van der Waals surface area contributed by atoms with Gasteiger partial charge >= 0.3 is 0 Å². The van der Waals surface area contributed by atoms with E-state index in [1.165, 1.54) is 24.8 Å². The molecule has 3 heteroatoms. The maximum absolute atomic E-state index is 11.6. The second-order valence-corrected chi connectivity index (χ2v) is 12.5. The zero-order chi connectivity index (χ0) is 22.8. The first-order valence-electron chi connectivity index (χ1n) is 12.9. The fraction of sp³-hybridized carbons (Fsp3) is 0.857. The highest BCUT2D eigenvalue weighted by Crippen LogP contribution is 2.67. The van der Waals surface area contributed by atoms with Crippen molar-refractivity contribution in [3.8, 4) is 0 Å². The number of aliphatic hydroxyl groups is 3. The van der Waals surface area contributed by atoms with Crippen molar-refractivity contribution in [1.29, 1.82) is 0 Å². The van der Waals surface area contributed by atoms with E-state index in [1.54, 1.807) is 0 Å². The normalized spacial score (nSPS) is 49.4. The minimum Gasteiger partial charge on any atom is -0.393 e. The molecule has 4 aliphatic carbocycles. The second kappa shape index (κ2) is 7.99. The molecule has 0 spiro atoms. The monoisotopic (exact) mass is 430 g/mol. The van der Waals surface area contributed by atoms with Gasteiger partial charge in [0.1, 0.15) is 11.7 Å². The van der Waals surface area contributed by atoms with Crippen LogP contribution in [0.5, 0.6) is 0 Å². The van der Waals surface area contributed by atoms with Gasteiger partial charge < -0.3 is 15.3 Å². The number of fused-ring (bicyclic) bond motifs is 5. The van der Waals surface area contributed by atoms with Crippen LogP contribution in [-0.4, -0.2) is 33.1 Å². The molecule has 3 N–H and O–H groups in total. The summed E-state index contributed by atoms with van der Waals surface area (Å²) in [7, 11) is 0. The van der Waals surface area contributed by atoms with Gasteiger partial charge in [-0.2, -0.15) is 0 Å². The lowest BCUT2D eigenvalue weighted by atomic mass is 9.45. The van der Waals surface area contributed by atoms with E-state index >= 15 is 0 Å². The molecular formula is C28H46O3. The largest absolute Gasteiger partial charge is 0.393 e. The summed E-state index contributed by atoms with van der Waals surface area (Å²) in [5, 5.41) is 32.9. The first-order chi connectivity index (χ1) is 14.4. The van der Waals surface area contributed by atoms with E-state index in [-0.39, 0.29) is 10.8 Å². The highest BCUT2D eigenvalue weighted by Gasteiger charge is 2.64. The Morgan fingerprint density at radius 2 is 1.65 bits per heavy atom. The Labute approximate surface area is 190 Å². The van der Waals surface area contributed by atoms with Crippen molar-refractivity contribution < 1.29 is 15.3 Å². The van der Waals surface area contributed by atoms with Crippen LogP contribution >= 0.6 is 0 Å². The molecule has 4 rings (SSSR count). The van der Waals surface area contributed by atoms with Crippen molar-refractivity contribution in [3.05, 3.63) is 23.8 Å². The van der Waals surface area contributed by atoms with E-state index in [0.717, 1.165) is 19.3 Å². The predicted molar refractivity (Wildman–Crippen MR) is 126 cm³/mol. The number of hydrogen-bond acceptors (Lipinski definition) is 3. The molecule has 10 atom stereocenters. The molecule has 0 saturated heterocycles. The molecule has 0 aromatic rings. The van der Waals surface area contributed by atoms with Gasteiger partial charge in [0.15, 0.2) is 0 Å². The van der Waals surface area contributed by atoms with Gasteiger partial charge in [-0.05, 0) is 79.4 Å². The van der Waals surface area contributed by atoms with E-state index < -0.39 is 17.8 Å². The third kappa shape index (κ3) is 3.49. The highest BCUT2D eigenvalue weighted by molar-refractivity contribution is 5.33. The summed E-state index contributed by atoms with van der Waals surface area (Å²) in [6, 6.07) is 0. The van der Waals surface area contributed by atoms with E-state index in [9.17, 15) is 15.3 Å². The molecular weight excluding hydrogens is 384 g/mol. The summed E-state index contributed by atoms with van der Waals surface area (Å²) in [4.78, 5) is 0. The molecule has 176 valence electrons.